The van der Waals surface area contributed by atoms with Crippen molar-refractivity contribution in [2.75, 3.05) is 10.6 Å². The fraction of sp³-hybridized carbons (Fsp3) is 0. The molecule has 120 valence electrons. The molecule has 0 atom stereocenters. The zero-order chi connectivity index (χ0) is 16.8. The van der Waals surface area contributed by atoms with Crippen LogP contribution in [0.2, 0.25) is 0 Å². The summed E-state index contributed by atoms with van der Waals surface area (Å²) in [4.78, 5) is 12.8. The molecule has 0 bridgehead atoms. The molecule has 3 heterocycles. The number of H-pyrrole nitrogens is 2. The van der Waals surface area contributed by atoms with Crippen molar-refractivity contribution < 1.29 is 0 Å². The van der Waals surface area contributed by atoms with Gasteiger partial charge in [-0.3, -0.25) is 21.5 Å². The van der Waals surface area contributed by atoms with E-state index in [1.165, 1.54) is 0 Å². The van der Waals surface area contributed by atoms with Crippen molar-refractivity contribution in [2.24, 2.45) is 20.4 Å². The van der Waals surface area contributed by atoms with Gasteiger partial charge in [0.15, 0.2) is 0 Å². The zero-order valence-electron chi connectivity index (χ0n) is 11.4. The third-order valence-corrected chi connectivity index (χ3v) is 2.24. The second-order valence-electron chi connectivity index (χ2n) is 3.74. The Morgan fingerprint density at radius 3 is 1.62 bits per heavy atom. The van der Waals surface area contributed by atoms with Gasteiger partial charge in [-0.15, -0.1) is 10.2 Å². The molecule has 0 aromatic carbocycles. The fourth-order valence-corrected chi connectivity index (χ4v) is 1.39. The van der Waals surface area contributed by atoms with E-state index in [-0.39, 0.29) is 35.7 Å². The van der Waals surface area contributed by atoms with E-state index in [0.29, 0.717) is 0 Å². The molecule has 0 saturated heterocycles. The SMILES string of the molecule is [N-]=[N+]=Nc1n[nH]c(NC2=NN=C(Nc3nc(N=[N+]=[N-])n[nH]3)NN2)n1. The van der Waals surface area contributed by atoms with E-state index < -0.39 is 0 Å². The van der Waals surface area contributed by atoms with Gasteiger partial charge in [0.05, 0.1) is 0 Å². The van der Waals surface area contributed by atoms with Crippen LogP contribution in [-0.4, -0.2) is 42.3 Å². The van der Waals surface area contributed by atoms with E-state index in [4.69, 9.17) is 11.1 Å². The number of guanidine groups is 2. The Morgan fingerprint density at radius 1 is 0.792 bits per heavy atom. The van der Waals surface area contributed by atoms with Gasteiger partial charge in [-0.2, -0.15) is 20.2 Å². The Morgan fingerprint density at radius 2 is 1.25 bits per heavy atom. The summed E-state index contributed by atoms with van der Waals surface area (Å²) in [5.41, 5.74) is 21.9. The molecule has 0 unspecified atom stereocenters. The second-order valence-corrected chi connectivity index (χ2v) is 3.74. The maximum Gasteiger partial charge on any atom is 0.242 e. The minimum atomic E-state index is -0.0728. The van der Waals surface area contributed by atoms with Crippen LogP contribution < -0.4 is 21.5 Å². The van der Waals surface area contributed by atoms with Crippen LogP contribution in [0, 0.1) is 0 Å². The average molecular weight is 330 g/mol. The van der Waals surface area contributed by atoms with Crippen molar-refractivity contribution in [1.82, 2.24) is 41.2 Å². The van der Waals surface area contributed by atoms with E-state index >= 15 is 0 Å². The Kier molecular flexibility index (Phi) is 3.88. The molecule has 18 nitrogen and oxygen atoms in total. The number of hydrogen-bond acceptors (Lipinski definition) is 12. The summed E-state index contributed by atoms with van der Waals surface area (Å²) in [7, 11) is 0. The first-order valence-corrected chi connectivity index (χ1v) is 5.93. The van der Waals surface area contributed by atoms with Gasteiger partial charge in [-0.25, -0.2) is 10.2 Å². The van der Waals surface area contributed by atoms with E-state index in [1.807, 2.05) is 0 Å². The molecule has 0 saturated carbocycles. The average Bonchev–Trinajstić information content (AvgIpc) is 3.20. The van der Waals surface area contributed by atoms with Gasteiger partial charge >= 0.3 is 0 Å². The van der Waals surface area contributed by atoms with E-state index in [2.05, 4.69) is 82.1 Å². The topological polar surface area (TPSA) is 254 Å². The molecular formula is C6H6N18. The molecule has 2 aromatic heterocycles. The number of azide groups is 2. The van der Waals surface area contributed by atoms with Crippen molar-refractivity contribution in [1.29, 1.82) is 0 Å². The van der Waals surface area contributed by atoms with Crippen LogP contribution in [0.4, 0.5) is 23.8 Å². The lowest BCUT2D eigenvalue weighted by molar-refractivity contribution is 0.815. The highest BCUT2D eigenvalue weighted by Crippen LogP contribution is 2.08. The molecule has 1 aliphatic heterocycles. The number of nitrogens with one attached hydrogen (secondary N) is 6. The van der Waals surface area contributed by atoms with Crippen molar-refractivity contribution in [3.63, 3.8) is 0 Å². The monoisotopic (exact) mass is 330 g/mol. The first kappa shape index (κ1) is 14.4. The Balaban J connectivity index is 1.62. The van der Waals surface area contributed by atoms with Crippen molar-refractivity contribution >= 4 is 35.7 Å². The third-order valence-electron chi connectivity index (χ3n) is 2.24. The van der Waals surface area contributed by atoms with Gasteiger partial charge in [0.2, 0.25) is 35.7 Å². The standard InChI is InChI=1S/C6H6N18/c7-23-21-5-11-1(13-19-5)9-3-15-17-4(18-16-3)10-2-12-6(20-14-2)22-24-8/h(H3,9,11,13,15,16,19)(H3,10,12,14,17,18,20). The molecule has 2 aromatic rings. The third kappa shape index (κ3) is 3.36. The smallest absolute Gasteiger partial charge is 0.242 e. The number of hydrogen-bond donors (Lipinski definition) is 6. The number of aromatic nitrogens is 6. The molecule has 1 aliphatic rings. The first-order valence-electron chi connectivity index (χ1n) is 5.93. The molecule has 0 fully saturated rings. The quantitative estimate of drug-likeness (QED) is 0.253. The Bertz CT molecular complexity index is 808. The van der Waals surface area contributed by atoms with E-state index in [1.54, 1.807) is 0 Å². The van der Waals surface area contributed by atoms with Crippen LogP contribution in [-0.2, 0) is 0 Å². The molecule has 3 rings (SSSR count). The van der Waals surface area contributed by atoms with Crippen LogP contribution in [0.15, 0.2) is 20.4 Å². The summed E-state index contributed by atoms with van der Waals surface area (Å²) in [5.74, 6) is 0.610. The minimum Gasteiger partial charge on any atom is -0.292 e. The number of rotatable bonds is 4. The summed E-state index contributed by atoms with van der Waals surface area (Å²) in [6, 6.07) is 0. The lowest BCUT2D eigenvalue weighted by Gasteiger charge is -2.16. The predicted octanol–water partition coefficient (Wildman–Crippen LogP) is 0.0652. The van der Waals surface area contributed by atoms with E-state index in [9.17, 15) is 0 Å². The number of nitrogens with zero attached hydrogens (tertiary/aromatic N) is 12. The number of hydrazine groups is 1. The van der Waals surface area contributed by atoms with Crippen molar-refractivity contribution in [3.05, 3.63) is 20.9 Å². The summed E-state index contributed by atoms with van der Waals surface area (Å²) >= 11 is 0. The Labute approximate surface area is 130 Å². The van der Waals surface area contributed by atoms with Gasteiger partial charge in [0, 0.05) is 9.82 Å². The molecular weight excluding hydrogens is 324 g/mol. The number of anilines is 2. The van der Waals surface area contributed by atoms with Gasteiger partial charge in [0.25, 0.3) is 0 Å². The molecule has 0 amide bonds. The zero-order valence-corrected chi connectivity index (χ0v) is 11.4. The maximum atomic E-state index is 8.27. The Hall–Kier alpha value is -4.56. The maximum absolute atomic E-state index is 8.27. The van der Waals surface area contributed by atoms with E-state index in [0.717, 1.165) is 0 Å². The molecule has 18 heteroatoms. The predicted molar refractivity (Wildman–Crippen MR) is 78.8 cm³/mol. The fourth-order valence-electron chi connectivity index (χ4n) is 1.39. The normalized spacial score (nSPS) is 12.5. The highest BCUT2D eigenvalue weighted by Gasteiger charge is 2.11. The molecule has 24 heavy (non-hydrogen) atoms. The van der Waals surface area contributed by atoms with Crippen LogP contribution in [0.1, 0.15) is 0 Å². The lowest BCUT2D eigenvalue weighted by atomic mass is 10.8. The van der Waals surface area contributed by atoms with Gasteiger partial charge in [-0.1, -0.05) is 0 Å². The summed E-state index contributed by atoms with van der Waals surface area (Å²) < 4.78 is 0. The van der Waals surface area contributed by atoms with Crippen LogP contribution >= 0.6 is 0 Å². The highest BCUT2D eigenvalue weighted by molar-refractivity contribution is 5.99. The molecule has 0 radical (unpaired) electrons. The summed E-state index contributed by atoms with van der Waals surface area (Å²) in [5, 5.41) is 31.7. The number of aromatic amines is 2. The summed E-state index contributed by atoms with van der Waals surface area (Å²) in [6.45, 7) is 0. The van der Waals surface area contributed by atoms with Gasteiger partial charge < -0.3 is 0 Å². The minimum absolute atomic E-state index is 0.0728. The van der Waals surface area contributed by atoms with Gasteiger partial charge in [0.1, 0.15) is 0 Å². The molecule has 6 N–H and O–H groups in total. The van der Waals surface area contributed by atoms with Crippen LogP contribution in [0.3, 0.4) is 0 Å². The van der Waals surface area contributed by atoms with Crippen LogP contribution in [0.5, 0.6) is 0 Å². The molecule has 0 aliphatic carbocycles. The highest BCUT2D eigenvalue weighted by atomic mass is 15.6. The summed E-state index contributed by atoms with van der Waals surface area (Å²) in [6.07, 6.45) is 0. The van der Waals surface area contributed by atoms with Crippen LogP contribution in [0.25, 0.3) is 20.9 Å². The van der Waals surface area contributed by atoms with Gasteiger partial charge in [-0.05, 0) is 21.3 Å². The molecule has 0 spiro atoms. The first-order chi connectivity index (χ1) is 11.8. The van der Waals surface area contributed by atoms with Crippen molar-refractivity contribution in [2.45, 2.75) is 0 Å². The van der Waals surface area contributed by atoms with Crippen molar-refractivity contribution in [3.8, 4) is 0 Å². The lowest BCUT2D eigenvalue weighted by Crippen LogP contribution is -2.50. The second kappa shape index (κ2) is 6.47. The largest absolute Gasteiger partial charge is 0.292 e.